The van der Waals surface area contributed by atoms with Crippen LogP contribution in [0, 0.1) is 0 Å². The number of piperidine rings is 1. The summed E-state index contributed by atoms with van der Waals surface area (Å²) in [5, 5.41) is 10.1. The number of nitrogens with one attached hydrogen (secondary N) is 4. The van der Waals surface area contributed by atoms with E-state index in [4.69, 9.17) is 26.2 Å². The van der Waals surface area contributed by atoms with Gasteiger partial charge in [0.2, 0.25) is 5.91 Å². The van der Waals surface area contributed by atoms with Crippen LogP contribution in [-0.4, -0.2) is 79.5 Å². The fourth-order valence-electron chi connectivity index (χ4n) is 5.38. The van der Waals surface area contributed by atoms with E-state index in [1.165, 1.54) is 4.90 Å². The van der Waals surface area contributed by atoms with Gasteiger partial charge in [0, 0.05) is 59.1 Å². The standard InChI is InChI=1S/C30H38ClN7O4/c1-4-20-14-25(24-8-7-21(15-26(24)31)28-35-19(3)42-37-28)30(40)38(17-27(39)36-23-6-5-11-32-16-23)29(20)34-18(2)33-22-9-12-41-13-10-22/h4,7-8,14-15,19,22-23,32-33H,2,5-6,9-13,16-17H2,1,3H3,(H,35,37)(H,36,39)/b20-4-,34-29+. The first kappa shape index (κ1) is 30.0. The van der Waals surface area contributed by atoms with Gasteiger partial charge in [-0.05, 0) is 58.2 Å². The van der Waals surface area contributed by atoms with E-state index in [1.54, 1.807) is 18.2 Å². The number of carbonyl (C=O) groups excluding carboxylic acids is 2. The fraction of sp³-hybridized carbons (Fsp3) is 0.467. The Labute approximate surface area is 251 Å². The predicted molar refractivity (Wildman–Crippen MR) is 163 cm³/mol. The third-order valence-electron chi connectivity index (χ3n) is 7.57. The molecule has 4 aliphatic heterocycles. The number of hydrogen-bond acceptors (Lipinski definition) is 9. The summed E-state index contributed by atoms with van der Waals surface area (Å²) < 4.78 is 5.46. The molecule has 224 valence electrons. The predicted octanol–water partition coefficient (Wildman–Crippen LogP) is 2.65. The first-order valence-corrected chi connectivity index (χ1v) is 14.8. The van der Waals surface area contributed by atoms with Gasteiger partial charge in [-0.15, -0.1) is 0 Å². The van der Waals surface area contributed by atoms with Crippen molar-refractivity contribution in [1.82, 2.24) is 26.3 Å². The smallest absolute Gasteiger partial charge is 0.260 e. The van der Waals surface area contributed by atoms with Gasteiger partial charge in [0.05, 0.1) is 0 Å². The molecule has 2 unspecified atom stereocenters. The third kappa shape index (κ3) is 7.09. The topological polar surface area (TPSA) is 129 Å². The van der Waals surface area contributed by atoms with E-state index in [9.17, 15) is 9.59 Å². The van der Waals surface area contributed by atoms with Crippen LogP contribution in [-0.2, 0) is 19.2 Å². The maximum absolute atomic E-state index is 14.1. The van der Waals surface area contributed by atoms with Gasteiger partial charge in [-0.25, -0.2) is 20.3 Å². The van der Waals surface area contributed by atoms with Gasteiger partial charge < -0.3 is 20.7 Å². The zero-order valence-corrected chi connectivity index (χ0v) is 24.8. The van der Waals surface area contributed by atoms with Crippen molar-refractivity contribution in [2.24, 2.45) is 9.98 Å². The summed E-state index contributed by atoms with van der Waals surface area (Å²) in [4.78, 5) is 43.2. The monoisotopic (exact) mass is 595 g/mol. The molecule has 0 aromatic heterocycles. The van der Waals surface area contributed by atoms with Gasteiger partial charge >= 0.3 is 0 Å². The first-order chi connectivity index (χ1) is 20.3. The van der Waals surface area contributed by atoms with E-state index < -0.39 is 0 Å². The van der Waals surface area contributed by atoms with Crippen LogP contribution in [0.15, 0.2) is 58.3 Å². The second-order valence-electron chi connectivity index (χ2n) is 10.7. The number of nitrogens with zero attached hydrogens (tertiary/aromatic N) is 3. The summed E-state index contributed by atoms with van der Waals surface area (Å²) in [6.45, 7) is 10.6. The number of benzene rings is 1. The van der Waals surface area contributed by atoms with Gasteiger partial charge in [-0.1, -0.05) is 36.4 Å². The van der Waals surface area contributed by atoms with Crippen molar-refractivity contribution in [3.05, 3.63) is 64.5 Å². The maximum Gasteiger partial charge on any atom is 0.260 e. The third-order valence-corrected chi connectivity index (χ3v) is 7.88. The van der Waals surface area contributed by atoms with Crippen molar-refractivity contribution < 1.29 is 19.2 Å². The highest BCUT2D eigenvalue weighted by Gasteiger charge is 2.34. The number of carbonyl (C=O) groups is 2. The molecule has 0 bridgehead atoms. The second kappa shape index (κ2) is 13.6. The quantitative estimate of drug-likeness (QED) is 0.364. The highest BCUT2D eigenvalue weighted by Crippen LogP contribution is 2.32. The molecular formula is C30H38ClN7O4. The van der Waals surface area contributed by atoms with Gasteiger partial charge in [-0.3, -0.25) is 14.5 Å². The van der Waals surface area contributed by atoms with Crippen molar-refractivity contribution in [3.8, 4) is 0 Å². The minimum absolute atomic E-state index is 0.00804. The molecule has 12 heteroatoms. The molecule has 2 atom stereocenters. The number of allylic oxidation sites excluding steroid dienone is 1. The first-order valence-electron chi connectivity index (χ1n) is 14.4. The Bertz CT molecular complexity index is 1340. The Kier molecular flexibility index (Phi) is 9.73. The second-order valence-corrected chi connectivity index (χ2v) is 11.1. The molecule has 11 nitrogen and oxygen atoms in total. The van der Waals surface area contributed by atoms with E-state index in [-0.39, 0.29) is 36.7 Å². The number of hydroxylamine groups is 1. The van der Waals surface area contributed by atoms with Crippen LogP contribution in [0.4, 0.5) is 0 Å². The molecule has 2 fully saturated rings. The summed E-state index contributed by atoms with van der Waals surface area (Å²) in [6, 6.07) is 5.53. The highest BCUT2D eigenvalue weighted by atomic mass is 35.5. The molecule has 4 aliphatic rings. The Balaban J connectivity index is 1.45. The van der Waals surface area contributed by atoms with Gasteiger partial charge in [-0.2, -0.15) is 0 Å². The molecule has 2 amide bonds. The zero-order valence-electron chi connectivity index (χ0n) is 24.0. The fourth-order valence-corrected chi connectivity index (χ4v) is 5.66. The molecule has 0 saturated carbocycles. The number of hydrogen-bond donors (Lipinski definition) is 4. The lowest BCUT2D eigenvalue weighted by atomic mass is 9.95. The molecule has 1 aromatic rings. The molecule has 0 aliphatic carbocycles. The van der Waals surface area contributed by atoms with Gasteiger partial charge in [0.25, 0.3) is 5.91 Å². The summed E-state index contributed by atoms with van der Waals surface area (Å²) in [6.07, 6.45) is 6.86. The number of amidine groups is 2. The molecule has 4 N–H and O–H groups in total. The zero-order chi connectivity index (χ0) is 29.6. The van der Waals surface area contributed by atoms with Crippen molar-refractivity contribution in [1.29, 1.82) is 0 Å². The maximum atomic E-state index is 14.1. The van der Waals surface area contributed by atoms with Gasteiger partial charge in [0.15, 0.2) is 12.1 Å². The number of rotatable bonds is 8. The highest BCUT2D eigenvalue weighted by molar-refractivity contribution is 6.38. The number of amides is 2. The lowest BCUT2D eigenvalue weighted by Crippen LogP contribution is -2.51. The molecule has 0 radical (unpaired) electrons. The van der Waals surface area contributed by atoms with Crippen molar-refractivity contribution in [2.45, 2.75) is 57.8 Å². The Morgan fingerprint density at radius 3 is 2.74 bits per heavy atom. The lowest BCUT2D eigenvalue weighted by molar-refractivity contribution is -0.129. The van der Waals surface area contributed by atoms with Crippen LogP contribution in [0.25, 0.3) is 5.57 Å². The minimum Gasteiger partial charge on any atom is -0.381 e. The molecule has 4 heterocycles. The van der Waals surface area contributed by atoms with Crippen molar-refractivity contribution in [2.75, 3.05) is 32.8 Å². The number of ether oxygens (including phenoxy) is 1. The van der Waals surface area contributed by atoms with E-state index in [0.717, 1.165) is 37.8 Å². The molecule has 5 rings (SSSR count). The molecule has 1 aromatic carbocycles. The summed E-state index contributed by atoms with van der Waals surface area (Å²) in [5.41, 5.74) is 5.11. The normalized spacial score (nSPS) is 25.2. The van der Waals surface area contributed by atoms with E-state index >= 15 is 0 Å². The molecule has 42 heavy (non-hydrogen) atoms. The van der Waals surface area contributed by atoms with Crippen molar-refractivity contribution >= 4 is 40.7 Å². The van der Waals surface area contributed by atoms with Crippen LogP contribution < -0.4 is 21.4 Å². The SMILES string of the molecule is C=C(/N=C1\C(=C/C)C=C(c2ccc(C3=NC(C)ON3)cc2Cl)C(=O)N1CC(=O)NC1CCCNC1)NC1CCOCC1. The lowest BCUT2D eigenvalue weighted by Gasteiger charge is -2.32. The summed E-state index contributed by atoms with van der Waals surface area (Å²) >= 11 is 6.74. The van der Waals surface area contributed by atoms with Crippen LogP contribution in [0.5, 0.6) is 0 Å². The molecule has 2 saturated heterocycles. The molecule has 0 spiro atoms. The Morgan fingerprint density at radius 2 is 2.07 bits per heavy atom. The Morgan fingerprint density at radius 1 is 1.26 bits per heavy atom. The molecular weight excluding hydrogens is 558 g/mol. The average Bonchev–Trinajstić information content (AvgIpc) is 3.42. The number of aliphatic imine (C=N–C) groups is 2. The van der Waals surface area contributed by atoms with E-state index in [0.29, 0.717) is 59.0 Å². The van der Waals surface area contributed by atoms with Crippen LogP contribution in [0.2, 0.25) is 5.02 Å². The minimum atomic E-state index is -0.377. The van der Waals surface area contributed by atoms with Crippen LogP contribution in [0.1, 0.15) is 50.7 Å². The van der Waals surface area contributed by atoms with E-state index in [1.807, 2.05) is 26.0 Å². The van der Waals surface area contributed by atoms with Crippen LogP contribution in [0.3, 0.4) is 0 Å². The van der Waals surface area contributed by atoms with Crippen molar-refractivity contribution in [3.63, 3.8) is 0 Å². The summed E-state index contributed by atoms with van der Waals surface area (Å²) in [5.74, 6) is 0.709. The van der Waals surface area contributed by atoms with E-state index in [2.05, 4.69) is 33.0 Å². The van der Waals surface area contributed by atoms with Gasteiger partial charge in [0.1, 0.15) is 18.2 Å². The average molecular weight is 596 g/mol. The number of halogens is 1. The van der Waals surface area contributed by atoms with Crippen LogP contribution >= 0.6 is 11.6 Å². The largest absolute Gasteiger partial charge is 0.381 e. The Hall–Kier alpha value is -3.51. The summed E-state index contributed by atoms with van der Waals surface area (Å²) in [7, 11) is 0.